The summed E-state index contributed by atoms with van der Waals surface area (Å²) in [5, 5.41) is 6.50. The molecule has 0 spiro atoms. The predicted molar refractivity (Wildman–Crippen MR) is 74.1 cm³/mol. The average molecular weight is 327 g/mol. The molecule has 0 unspecified atom stereocenters. The highest BCUT2D eigenvalue weighted by molar-refractivity contribution is 5.08. The number of piperazine rings is 1. The Morgan fingerprint density at radius 1 is 1.04 bits per heavy atom. The topological polar surface area (TPSA) is 58.3 Å². The molecule has 0 saturated carbocycles. The van der Waals surface area contributed by atoms with Gasteiger partial charge in [0.05, 0.1) is 6.54 Å². The van der Waals surface area contributed by atoms with Gasteiger partial charge in [0, 0.05) is 45.1 Å². The Morgan fingerprint density at radius 3 is 2.30 bits per heavy atom. The van der Waals surface area contributed by atoms with Crippen LogP contribution in [0.15, 0.2) is 28.9 Å². The zero-order valence-corrected chi connectivity index (χ0v) is 12.3. The smallest absolute Gasteiger partial charge is 0.416 e. The van der Waals surface area contributed by atoms with Gasteiger partial charge in [-0.25, -0.2) is 0 Å². The van der Waals surface area contributed by atoms with Crippen molar-refractivity contribution in [2.45, 2.75) is 19.3 Å². The highest BCUT2D eigenvalue weighted by Crippen LogP contribution is 2.27. The van der Waals surface area contributed by atoms with Crippen LogP contribution >= 0.6 is 0 Å². The van der Waals surface area contributed by atoms with Crippen LogP contribution in [0.25, 0.3) is 0 Å². The molecule has 6 nitrogen and oxygen atoms in total. The third-order valence-electron chi connectivity index (χ3n) is 3.66. The largest absolute Gasteiger partial charge is 0.470 e. The van der Waals surface area contributed by atoms with Gasteiger partial charge in [-0.15, -0.1) is 10.2 Å². The Bertz CT molecular complexity index is 623. The third-order valence-corrected chi connectivity index (χ3v) is 3.66. The molecule has 1 aliphatic rings. The maximum atomic E-state index is 12.4. The highest BCUT2D eigenvalue weighted by atomic mass is 19.4. The van der Waals surface area contributed by atoms with E-state index < -0.39 is 12.1 Å². The minimum absolute atomic E-state index is 0.00182. The van der Waals surface area contributed by atoms with E-state index in [0.29, 0.717) is 0 Å². The van der Waals surface area contributed by atoms with Crippen LogP contribution in [-0.4, -0.2) is 51.2 Å². The zero-order chi connectivity index (χ0) is 16.3. The second-order valence-corrected chi connectivity index (χ2v) is 5.41. The predicted octanol–water partition coefficient (Wildman–Crippen LogP) is 1.80. The summed E-state index contributed by atoms with van der Waals surface area (Å²) in [5.74, 6) is -1.29. The Morgan fingerprint density at radius 2 is 1.74 bits per heavy atom. The standard InChI is InChI=1S/C14H16F3N5O/c15-14(16,17)13-20-19-12(23-13)10-22-6-4-21(5-7-22)9-11-2-1-3-18-8-11/h1-3,8H,4-7,9-10H2. The first-order chi connectivity index (χ1) is 11.0. The molecule has 0 bridgehead atoms. The number of nitrogens with zero attached hydrogens (tertiary/aromatic N) is 5. The Hall–Kier alpha value is -2.00. The molecule has 124 valence electrons. The maximum Gasteiger partial charge on any atom is 0.470 e. The number of rotatable bonds is 4. The van der Waals surface area contributed by atoms with Crippen molar-refractivity contribution in [2.24, 2.45) is 0 Å². The number of halogens is 3. The highest BCUT2D eigenvalue weighted by Gasteiger charge is 2.38. The van der Waals surface area contributed by atoms with Gasteiger partial charge in [0.1, 0.15) is 0 Å². The van der Waals surface area contributed by atoms with Crippen molar-refractivity contribution >= 4 is 0 Å². The van der Waals surface area contributed by atoms with Gasteiger partial charge in [0.25, 0.3) is 0 Å². The van der Waals surface area contributed by atoms with E-state index in [4.69, 9.17) is 0 Å². The van der Waals surface area contributed by atoms with Gasteiger partial charge in [0.15, 0.2) is 0 Å². The van der Waals surface area contributed by atoms with Crippen LogP contribution < -0.4 is 0 Å². The summed E-state index contributed by atoms with van der Waals surface area (Å²) in [7, 11) is 0. The fourth-order valence-electron chi connectivity index (χ4n) is 2.48. The number of hydrogen-bond donors (Lipinski definition) is 0. The molecule has 0 aromatic carbocycles. The summed E-state index contributed by atoms with van der Waals surface area (Å²) in [6.45, 7) is 4.20. The fourth-order valence-corrected chi connectivity index (χ4v) is 2.48. The Labute approximate surface area is 130 Å². The second-order valence-electron chi connectivity index (χ2n) is 5.41. The van der Waals surface area contributed by atoms with Crippen LogP contribution in [-0.2, 0) is 19.3 Å². The fraction of sp³-hybridized carbons (Fsp3) is 0.500. The number of pyridine rings is 1. The van der Waals surface area contributed by atoms with Crippen LogP contribution in [0.3, 0.4) is 0 Å². The van der Waals surface area contributed by atoms with Crippen molar-refractivity contribution in [2.75, 3.05) is 26.2 Å². The molecule has 2 aromatic rings. The molecule has 23 heavy (non-hydrogen) atoms. The van der Waals surface area contributed by atoms with Crippen molar-refractivity contribution < 1.29 is 17.6 Å². The van der Waals surface area contributed by atoms with Crippen molar-refractivity contribution in [3.63, 3.8) is 0 Å². The van der Waals surface area contributed by atoms with Gasteiger partial charge < -0.3 is 4.42 Å². The lowest BCUT2D eigenvalue weighted by molar-refractivity contribution is -0.157. The molecule has 0 N–H and O–H groups in total. The monoisotopic (exact) mass is 327 g/mol. The number of alkyl halides is 3. The Kier molecular flexibility index (Phi) is 4.58. The first-order valence-electron chi connectivity index (χ1n) is 7.24. The van der Waals surface area contributed by atoms with E-state index in [-0.39, 0.29) is 12.4 Å². The summed E-state index contributed by atoms with van der Waals surface area (Å²) < 4.78 is 41.9. The molecule has 3 heterocycles. The SMILES string of the molecule is FC(F)(F)c1nnc(CN2CCN(Cc3cccnc3)CC2)o1. The lowest BCUT2D eigenvalue weighted by Crippen LogP contribution is -2.45. The van der Waals surface area contributed by atoms with Crippen molar-refractivity contribution in [3.05, 3.63) is 41.9 Å². The summed E-state index contributed by atoms with van der Waals surface area (Å²) in [6, 6.07) is 3.93. The molecule has 3 rings (SSSR count). The van der Waals surface area contributed by atoms with Crippen molar-refractivity contribution in [1.29, 1.82) is 0 Å². The molecule has 0 amide bonds. The quantitative estimate of drug-likeness (QED) is 0.853. The van der Waals surface area contributed by atoms with E-state index in [9.17, 15) is 13.2 Å². The van der Waals surface area contributed by atoms with Crippen LogP contribution in [0.4, 0.5) is 13.2 Å². The first-order valence-corrected chi connectivity index (χ1v) is 7.24. The summed E-state index contributed by atoms with van der Waals surface area (Å²) in [4.78, 5) is 8.37. The van der Waals surface area contributed by atoms with Gasteiger partial charge in [-0.2, -0.15) is 13.2 Å². The lowest BCUT2D eigenvalue weighted by Gasteiger charge is -2.33. The van der Waals surface area contributed by atoms with E-state index >= 15 is 0 Å². The van der Waals surface area contributed by atoms with Crippen LogP contribution in [0, 0.1) is 0 Å². The van der Waals surface area contributed by atoms with E-state index in [1.165, 1.54) is 0 Å². The van der Waals surface area contributed by atoms with Crippen molar-refractivity contribution in [1.82, 2.24) is 25.0 Å². The second kappa shape index (κ2) is 6.63. The molecule has 1 aliphatic heterocycles. The average Bonchev–Trinajstić information content (AvgIpc) is 2.99. The van der Waals surface area contributed by atoms with Crippen LogP contribution in [0.5, 0.6) is 0 Å². The van der Waals surface area contributed by atoms with Gasteiger partial charge in [-0.05, 0) is 11.6 Å². The van der Waals surface area contributed by atoms with Crippen molar-refractivity contribution in [3.8, 4) is 0 Å². The lowest BCUT2D eigenvalue weighted by atomic mass is 10.2. The molecule has 1 fully saturated rings. The molecule has 1 saturated heterocycles. The molecular weight excluding hydrogens is 311 g/mol. The molecular formula is C14H16F3N5O. The van der Waals surface area contributed by atoms with E-state index in [2.05, 4.69) is 24.5 Å². The number of hydrogen-bond acceptors (Lipinski definition) is 6. The summed E-state index contributed by atoms with van der Waals surface area (Å²) in [6.07, 6.45) is -1.02. The normalized spacial score (nSPS) is 17.5. The minimum atomic E-state index is -4.59. The Balaban J connectivity index is 1.48. The molecule has 0 radical (unpaired) electrons. The molecule has 2 aromatic heterocycles. The molecule has 0 aliphatic carbocycles. The van der Waals surface area contributed by atoms with Gasteiger partial charge in [-0.1, -0.05) is 6.07 Å². The third kappa shape index (κ3) is 4.26. The molecule has 0 atom stereocenters. The zero-order valence-electron chi connectivity index (χ0n) is 12.3. The van der Waals surface area contributed by atoms with E-state index in [0.717, 1.165) is 38.3 Å². The number of aromatic nitrogens is 3. The molecule has 9 heteroatoms. The van der Waals surface area contributed by atoms with Gasteiger partial charge in [-0.3, -0.25) is 14.8 Å². The van der Waals surface area contributed by atoms with Gasteiger partial charge in [0.2, 0.25) is 5.89 Å². The summed E-state index contributed by atoms with van der Waals surface area (Å²) >= 11 is 0. The van der Waals surface area contributed by atoms with Crippen LogP contribution in [0.2, 0.25) is 0 Å². The van der Waals surface area contributed by atoms with E-state index in [1.54, 1.807) is 6.20 Å². The van der Waals surface area contributed by atoms with E-state index in [1.807, 2.05) is 23.2 Å². The minimum Gasteiger partial charge on any atom is -0.416 e. The van der Waals surface area contributed by atoms with Gasteiger partial charge >= 0.3 is 12.1 Å². The first kappa shape index (κ1) is 15.9. The van der Waals surface area contributed by atoms with Crippen LogP contribution in [0.1, 0.15) is 17.3 Å². The summed E-state index contributed by atoms with van der Waals surface area (Å²) in [5.41, 5.74) is 1.15. The maximum absolute atomic E-state index is 12.4.